The van der Waals surface area contributed by atoms with Gasteiger partial charge in [-0.25, -0.2) is 0 Å². The van der Waals surface area contributed by atoms with E-state index in [-0.39, 0.29) is 72.5 Å². The summed E-state index contributed by atoms with van der Waals surface area (Å²) in [5, 5.41) is 25.8. The number of fused-ring (bicyclic) bond motifs is 10. The second kappa shape index (κ2) is 8.99. The monoisotopic (exact) mass is 567 g/mol. The lowest BCUT2D eigenvalue weighted by Crippen LogP contribution is -2.63. The number of ketones is 1. The first kappa shape index (κ1) is 27.8. The zero-order valence-electron chi connectivity index (χ0n) is 24.6. The molecule has 2 aliphatic heterocycles. The molecule has 0 amide bonds. The molecule has 5 aliphatic carbocycles. The Balaban J connectivity index is 1.34. The minimum atomic E-state index is -1.74. The zero-order chi connectivity index (χ0) is 29.2. The van der Waals surface area contributed by atoms with E-state index in [9.17, 15) is 24.6 Å². The predicted molar refractivity (Wildman–Crippen MR) is 149 cm³/mol. The van der Waals surface area contributed by atoms with Gasteiger partial charge in [0.1, 0.15) is 29.2 Å². The molecule has 2 saturated heterocycles. The van der Waals surface area contributed by atoms with E-state index in [0.29, 0.717) is 25.8 Å². The minimum Gasteiger partial charge on any atom is -0.461 e. The van der Waals surface area contributed by atoms with E-state index < -0.39 is 40.7 Å². The molecule has 0 aromatic carbocycles. The third kappa shape index (κ3) is 3.30. The molecule has 224 valence electrons. The van der Waals surface area contributed by atoms with Crippen molar-refractivity contribution in [3.8, 4) is 0 Å². The fourth-order valence-corrected chi connectivity index (χ4v) is 11.4. The Hall–Kier alpha value is -2.03. The van der Waals surface area contributed by atoms with Gasteiger partial charge in [-0.15, -0.1) is 0 Å². The lowest BCUT2D eigenvalue weighted by molar-refractivity contribution is -0.205. The largest absolute Gasteiger partial charge is 0.461 e. The summed E-state index contributed by atoms with van der Waals surface area (Å²) >= 11 is 0. The summed E-state index contributed by atoms with van der Waals surface area (Å²) in [6.45, 7) is 11.4. The number of rotatable bonds is 3. The van der Waals surface area contributed by atoms with Crippen LogP contribution in [0.4, 0.5) is 0 Å². The number of esters is 2. The highest BCUT2D eigenvalue weighted by molar-refractivity contribution is 5.91. The van der Waals surface area contributed by atoms with Crippen LogP contribution in [0.1, 0.15) is 64.7 Å². The number of aliphatic hydroxyl groups is 2. The summed E-state index contributed by atoms with van der Waals surface area (Å²) in [6.07, 6.45) is 3.62. The number of Topliss-reactive ketones (excluding diaryl/α,β-unsaturated/α-hetero) is 1. The highest BCUT2D eigenvalue weighted by Gasteiger charge is 2.83. The number of nitrogens with zero attached hydrogens (tertiary/aromatic N) is 1. The molecule has 0 radical (unpaired) electrons. The molecular formula is C33H45NO7. The Morgan fingerprint density at radius 2 is 1.46 bits per heavy atom. The molecule has 0 aromatic heterocycles. The maximum absolute atomic E-state index is 14.4. The van der Waals surface area contributed by atoms with Gasteiger partial charge in [-0.05, 0) is 77.3 Å². The van der Waals surface area contributed by atoms with Crippen molar-refractivity contribution in [1.29, 1.82) is 0 Å². The average Bonchev–Trinajstić information content (AvgIpc) is 3.57. The van der Waals surface area contributed by atoms with Gasteiger partial charge in [-0.2, -0.15) is 0 Å². The standard InChI is InChI=1S/C33H45NO7/c1-6-18-19-9-8-17(3)22-14-33(39)31(11-12-32(33,38)26(22)28(19)41-29(18)36)24(35)13-21-16(2)7-10-20-23(15-34(4)5)30(37)40-27(20)25(21)31/h18-23,25-28,38-39H,2-3,6-15H2,1,4-5H3/t18?,19-,20-,21-,22-,23?,25-,26-,27-,28-,31+,32-,33-/m0/s1. The van der Waals surface area contributed by atoms with Crippen LogP contribution in [-0.4, -0.2) is 76.9 Å². The Morgan fingerprint density at radius 1 is 0.878 bits per heavy atom. The second-order valence-corrected chi connectivity index (χ2v) is 14.8. The van der Waals surface area contributed by atoms with Crippen LogP contribution < -0.4 is 0 Å². The molecule has 5 saturated carbocycles. The molecule has 8 nitrogen and oxygen atoms in total. The van der Waals surface area contributed by atoms with E-state index in [2.05, 4.69) is 13.2 Å². The Bertz CT molecular complexity index is 1230. The minimum absolute atomic E-state index is 0.0428. The molecule has 0 bridgehead atoms. The van der Waals surface area contributed by atoms with Gasteiger partial charge in [0, 0.05) is 36.6 Å². The first-order valence-electron chi connectivity index (χ1n) is 15.8. The van der Waals surface area contributed by atoms with Crippen LogP contribution in [0.25, 0.3) is 0 Å². The average molecular weight is 568 g/mol. The van der Waals surface area contributed by atoms with Crippen LogP contribution in [0.15, 0.2) is 24.3 Å². The number of carbonyl (C=O) groups excluding carboxylic acids is 3. The lowest BCUT2D eigenvalue weighted by Gasteiger charge is -2.48. The normalized spacial score (nSPS) is 52.1. The van der Waals surface area contributed by atoms with Gasteiger partial charge in [0.05, 0.1) is 17.3 Å². The van der Waals surface area contributed by atoms with E-state index in [1.165, 1.54) is 0 Å². The van der Waals surface area contributed by atoms with Crippen molar-refractivity contribution >= 4 is 17.7 Å². The third-order valence-corrected chi connectivity index (χ3v) is 13.1. The molecule has 41 heavy (non-hydrogen) atoms. The fraction of sp³-hybridized carbons (Fsp3) is 0.788. The van der Waals surface area contributed by atoms with Crippen LogP contribution in [0, 0.1) is 52.8 Å². The number of carbonyl (C=O) groups is 3. The zero-order valence-corrected chi connectivity index (χ0v) is 24.6. The van der Waals surface area contributed by atoms with Crippen molar-refractivity contribution in [2.45, 2.75) is 88.1 Å². The van der Waals surface area contributed by atoms with E-state index >= 15 is 0 Å². The molecule has 0 aromatic rings. The molecule has 7 aliphatic rings. The van der Waals surface area contributed by atoms with Crippen LogP contribution in [0.2, 0.25) is 0 Å². The quantitative estimate of drug-likeness (QED) is 0.395. The Morgan fingerprint density at radius 3 is 2.10 bits per heavy atom. The maximum atomic E-state index is 14.4. The summed E-state index contributed by atoms with van der Waals surface area (Å²) < 4.78 is 12.3. The Labute approximate surface area is 242 Å². The molecule has 2 heterocycles. The molecule has 7 fully saturated rings. The van der Waals surface area contributed by atoms with Gasteiger partial charge in [0.15, 0.2) is 0 Å². The van der Waals surface area contributed by atoms with Gasteiger partial charge >= 0.3 is 11.9 Å². The summed E-state index contributed by atoms with van der Waals surface area (Å²) in [4.78, 5) is 42.6. The maximum Gasteiger partial charge on any atom is 0.310 e. The Kier molecular flexibility index (Phi) is 6.09. The molecule has 13 atom stereocenters. The predicted octanol–water partition coefficient (Wildman–Crippen LogP) is 3.06. The van der Waals surface area contributed by atoms with E-state index in [1.54, 1.807) is 0 Å². The van der Waals surface area contributed by atoms with E-state index in [0.717, 1.165) is 30.4 Å². The number of hydrogen-bond acceptors (Lipinski definition) is 8. The van der Waals surface area contributed by atoms with Crippen LogP contribution >= 0.6 is 0 Å². The molecular weight excluding hydrogens is 522 g/mol. The summed E-state index contributed by atoms with van der Waals surface area (Å²) in [6, 6.07) is 0. The number of allylic oxidation sites excluding steroid dienone is 2. The van der Waals surface area contributed by atoms with Crippen molar-refractivity contribution in [2.24, 2.45) is 52.8 Å². The highest BCUT2D eigenvalue weighted by atomic mass is 16.6. The van der Waals surface area contributed by atoms with Crippen molar-refractivity contribution in [1.82, 2.24) is 4.90 Å². The van der Waals surface area contributed by atoms with E-state index in [1.807, 2.05) is 25.9 Å². The van der Waals surface area contributed by atoms with Gasteiger partial charge in [-0.1, -0.05) is 31.2 Å². The van der Waals surface area contributed by atoms with Gasteiger partial charge in [0.2, 0.25) is 0 Å². The summed E-state index contributed by atoms with van der Waals surface area (Å²) in [5.41, 5.74) is -2.67. The smallest absolute Gasteiger partial charge is 0.310 e. The number of hydrogen-bond donors (Lipinski definition) is 2. The highest BCUT2D eigenvalue weighted by Crippen LogP contribution is 2.74. The second-order valence-electron chi connectivity index (χ2n) is 14.8. The summed E-state index contributed by atoms with van der Waals surface area (Å²) in [5.74, 6) is -2.57. The molecule has 2 unspecified atom stereocenters. The molecule has 7 rings (SSSR count). The number of ether oxygens (including phenoxy) is 2. The van der Waals surface area contributed by atoms with Crippen molar-refractivity contribution < 1.29 is 34.1 Å². The lowest BCUT2D eigenvalue weighted by atomic mass is 9.59. The fourth-order valence-electron chi connectivity index (χ4n) is 11.4. The van der Waals surface area contributed by atoms with Crippen molar-refractivity contribution in [3.05, 3.63) is 24.3 Å². The molecule has 1 spiro atoms. The van der Waals surface area contributed by atoms with Crippen molar-refractivity contribution in [3.63, 3.8) is 0 Å². The van der Waals surface area contributed by atoms with Crippen LogP contribution in [-0.2, 0) is 23.9 Å². The van der Waals surface area contributed by atoms with Crippen LogP contribution in [0.3, 0.4) is 0 Å². The SMILES string of the molecule is C=C1CC[C@H]2C(CC)C(=O)O[C@@H]2[C@@H]2[C@H]1C[C@@]1(O)[C@]2(O)CC[C@]12C(=O)C[C@H]1C(=C)CC[C@H]3C(CN(C)C)C(=O)O[C@@H]3[C@H]12. The van der Waals surface area contributed by atoms with Gasteiger partial charge < -0.3 is 24.6 Å². The third-order valence-electron chi connectivity index (χ3n) is 13.1. The molecule has 8 heteroatoms. The summed E-state index contributed by atoms with van der Waals surface area (Å²) in [7, 11) is 3.89. The van der Waals surface area contributed by atoms with Gasteiger partial charge in [0.25, 0.3) is 0 Å². The molecule has 2 N–H and O–H groups in total. The van der Waals surface area contributed by atoms with Crippen molar-refractivity contribution in [2.75, 3.05) is 20.6 Å². The van der Waals surface area contributed by atoms with Crippen LogP contribution in [0.5, 0.6) is 0 Å². The topological polar surface area (TPSA) is 113 Å². The first-order valence-corrected chi connectivity index (χ1v) is 15.8. The van der Waals surface area contributed by atoms with Gasteiger partial charge in [-0.3, -0.25) is 14.4 Å². The van der Waals surface area contributed by atoms with E-state index in [4.69, 9.17) is 9.47 Å². The first-order chi connectivity index (χ1) is 19.4.